The molecule has 0 unspecified atom stereocenters. The normalized spacial score (nSPS) is 11.2. The fourth-order valence-corrected chi connectivity index (χ4v) is 2.83. The molecule has 2 rings (SSSR count). The molecule has 20 heavy (non-hydrogen) atoms. The molecule has 0 saturated heterocycles. The van der Waals surface area contributed by atoms with Gasteiger partial charge in [0.1, 0.15) is 10.7 Å². The molecule has 1 aromatic carbocycles. The van der Waals surface area contributed by atoms with E-state index in [2.05, 4.69) is 25.8 Å². The van der Waals surface area contributed by atoms with Crippen LogP contribution in [0.2, 0.25) is 10.0 Å². The Balaban J connectivity index is 2.48. The molecule has 2 aromatic rings. The minimum absolute atomic E-state index is 0.0376. The SMILES string of the molecule is Cn1nc(-c2ccc(Cl)c(CBr)c2)c(Cl)c1OC(F)F. The Labute approximate surface area is 132 Å². The zero-order valence-electron chi connectivity index (χ0n) is 10.2. The van der Waals surface area contributed by atoms with Crippen molar-refractivity contribution in [2.75, 3.05) is 0 Å². The van der Waals surface area contributed by atoms with Crippen LogP contribution in [0.15, 0.2) is 18.2 Å². The number of hydrogen-bond donors (Lipinski definition) is 0. The van der Waals surface area contributed by atoms with Crippen LogP contribution in [-0.2, 0) is 12.4 Å². The number of halogens is 5. The summed E-state index contributed by atoms with van der Waals surface area (Å²) in [5, 5.41) is 5.30. The maximum absolute atomic E-state index is 12.3. The van der Waals surface area contributed by atoms with Crippen LogP contribution in [0.3, 0.4) is 0 Å². The summed E-state index contributed by atoms with van der Waals surface area (Å²) < 4.78 is 30.2. The standard InChI is InChI=1S/C12H9BrCl2F2N2O/c1-19-11(20-12(16)17)9(15)10(18-19)6-2-3-8(14)7(4-6)5-13/h2-4,12H,5H2,1H3. The van der Waals surface area contributed by atoms with Crippen molar-refractivity contribution >= 4 is 39.1 Å². The van der Waals surface area contributed by atoms with E-state index in [-0.39, 0.29) is 10.9 Å². The van der Waals surface area contributed by atoms with E-state index >= 15 is 0 Å². The summed E-state index contributed by atoms with van der Waals surface area (Å²) >= 11 is 15.4. The lowest BCUT2D eigenvalue weighted by Gasteiger charge is -2.04. The van der Waals surface area contributed by atoms with Crippen molar-refractivity contribution in [2.24, 2.45) is 7.05 Å². The topological polar surface area (TPSA) is 27.1 Å². The molecule has 0 atom stereocenters. The van der Waals surface area contributed by atoms with Crippen molar-refractivity contribution in [3.05, 3.63) is 33.8 Å². The van der Waals surface area contributed by atoms with Crippen molar-refractivity contribution in [3.63, 3.8) is 0 Å². The molecule has 1 aromatic heterocycles. The summed E-state index contributed by atoms with van der Waals surface area (Å²) in [7, 11) is 1.48. The molecular formula is C12H9BrCl2F2N2O. The van der Waals surface area contributed by atoms with Gasteiger partial charge in [0.15, 0.2) is 0 Å². The number of alkyl halides is 3. The molecule has 0 radical (unpaired) electrons. The zero-order valence-corrected chi connectivity index (χ0v) is 13.3. The average Bonchev–Trinajstić information content (AvgIpc) is 2.67. The lowest BCUT2D eigenvalue weighted by Crippen LogP contribution is -2.06. The third-order valence-electron chi connectivity index (χ3n) is 2.60. The van der Waals surface area contributed by atoms with Crippen LogP contribution in [0.1, 0.15) is 5.56 Å². The maximum Gasteiger partial charge on any atom is 0.388 e. The van der Waals surface area contributed by atoms with Crippen LogP contribution < -0.4 is 4.74 Å². The molecular weight excluding hydrogens is 377 g/mol. The third kappa shape index (κ3) is 3.07. The molecule has 0 aliphatic rings. The number of rotatable bonds is 4. The van der Waals surface area contributed by atoms with Crippen molar-refractivity contribution in [2.45, 2.75) is 11.9 Å². The van der Waals surface area contributed by atoms with Crippen LogP contribution in [0.5, 0.6) is 5.88 Å². The summed E-state index contributed by atoms with van der Waals surface area (Å²) in [5.74, 6) is -0.174. The fraction of sp³-hybridized carbons (Fsp3) is 0.250. The number of aromatic nitrogens is 2. The van der Waals surface area contributed by atoms with Crippen LogP contribution in [-0.4, -0.2) is 16.4 Å². The first-order valence-electron chi connectivity index (χ1n) is 5.46. The predicted octanol–water partition coefficient (Wildman–Crippen LogP) is 4.89. The average molecular weight is 386 g/mol. The van der Waals surface area contributed by atoms with Crippen LogP contribution >= 0.6 is 39.1 Å². The molecule has 1 heterocycles. The monoisotopic (exact) mass is 384 g/mol. The number of nitrogens with zero attached hydrogens (tertiary/aromatic N) is 2. The zero-order chi connectivity index (χ0) is 14.9. The third-order valence-corrected chi connectivity index (χ3v) is 3.92. The Hall–Kier alpha value is -0.850. The quantitative estimate of drug-likeness (QED) is 0.700. The van der Waals surface area contributed by atoms with E-state index in [0.29, 0.717) is 21.6 Å². The molecule has 0 bridgehead atoms. The van der Waals surface area contributed by atoms with Gasteiger partial charge >= 0.3 is 6.61 Å². The summed E-state index contributed by atoms with van der Waals surface area (Å²) in [4.78, 5) is 0. The van der Waals surface area contributed by atoms with Gasteiger partial charge in [-0.05, 0) is 17.7 Å². The van der Waals surface area contributed by atoms with E-state index in [9.17, 15) is 8.78 Å². The first-order chi connectivity index (χ1) is 9.43. The van der Waals surface area contributed by atoms with Crippen molar-refractivity contribution in [1.29, 1.82) is 0 Å². The van der Waals surface area contributed by atoms with Gasteiger partial charge in [0, 0.05) is 23.0 Å². The van der Waals surface area contributed by atoms with Crippen molar-refractivity contribution in [1.82, 2.24) is 9.78 Å². The van der Waals surface area contributed by atoms with Crippen LogP contribution in [0.25, 0.3) is 11.3 Å². The highest BCUT2D eigenvalue weighted by molar-refractivity contribution is 9.08. The van der Waals surface area contributed by atoms with Gasteiger partial charge in [-0.25, -0.2) is 4.68 Å². The maximum atomic E-state index is 12.3. The van der Waals surface area contributed by atoms with Crippen LogP contribution in [0.4, 0.5) is 8.78 Å². The number of hydrogen-bond acceptors (Lipinski definition) is 2. The lowest BCUT2D eigenvalue weighted by atomic mass is 10.1. The molecule has 0 saturated carbocycles. The second kappa shape index (κ2) is 6.28. The molecule has 0 aliphatic heterocycles. The number of benzene rings is 1. The minimum atomic E-state index is -2.96. The van der Waals surface area contributed by atoms with E-state index in [1.807, 2.05) is 0 Å². The second-order valence-electron chi connectivity index (χ2n) is 3.91. The van der Waals surface area contributed by atoms with E-state index in [4.69, 9.17) is 23.2 Å². The van der Waals surface area contributed by atoms with Gasteiger partial charge in [-0.3, -0.25) is 0 Å². The van der Waals surface area contributed by atoms with E-state index in [1.165, 1.54) is 11.7 Å². The van der Waals surface area contributed by atoms with Gasteiger partial charge in [0.2, 0.25) is 5.88 Å². The molecule has 0 N–H and O–H groups in total. The smallest absolute Gasteiger partial charge is 0.388 e. The Morgan fingerprint density at radius 3 is 2.70 bits per heavy atom. The van der Waals surface area contributed by atoms with Gasteiger partial charge in [0.25, 0.3) is 0 Å². The Kier molecular flexibility index (Phi) is 4.88. The molecule has 0 aliphatic carbocycles. The van der Waals surface area contributed by atoms with Gasteiger partial charge < -0.3 is 4.74 Å². The number of ether oxygens (including phenoxy) is 1. The highest BCUT2D eigenvalue weighted by Crippen LogP contribution is 2.36. The van der Waals surface area contributed by atoms with Gasteiger partial charge in [-0.2, -0.15) is 13.9 Å². The highest BCUT2D eigenvalue weighted by atomic mass is 79.9. The molecule has 8 heteroatoms. The molecule has 0 spiro atoms. The van der Waals surface area contributed by atoms with Crippen molar-refractivity contribution < 1.29 is 13.5 Å². The lowest BCUT2D eigenvalue weighted by molar-refractivity contribution is -0.0552. The molecule has 3 nitrogen and oxygen atoms in total. The Morgan fingerprint density at radius 2 is 2.10 bits per heavy atom. The van der Waals surface area contributed by atoms with Gasteiger partial charge in [-0.1, -0.05) is 45.2 Å². The van der Waals surface area contributed by atoms with Gasteiger partial charge in [0.05, 0.1) is 0 Å². The summed E-state index contributed by atoms with van der Waals surface area (Å²) in [6, 6.07) is 5.21. The largest absolute Gasteiger partial charge is 0.416 e. The molecule has 0 fully saturated rings. The fourth-order valence-electron chi connectivity index (χ4n) is 1.70. The van der Waals surface area contributed by atoms with E-state index in [0.717, 1.165) is 5.56 Å². The summed E-state index contributed by atoms with van der Waals surface area (Å²) in [6.45, 7) is -2.96. The first-order valence-corrected chi connectivity index (χ1v) is 7.33. The first kappa shape index (κ1) is 15.5. The Morgan fingerprint density at radius 1 is 1.40 bits per heavy atom. The summed E-state index contributed by atoms with van der Waals surface area (Å²) in [6.07, 6.45) is 0. The highest BCUT2D eigenvalue weighted by Gasteiger charge is 2.20. The van der Waals surface area contributed by atoms with E-state index < -0.39 is 6.61 Å². The predicted molar refractivity (Wildman–Crippen MR) is 77.9 cm³/mol. The van der Waals surface area contributed by atoms with Crippen molar-refractivity contribution in [3.8, 4) is 17.1 Å². The summed E-state index contributed by atoms with van der Waals surface area (Å²) in [5.41, 5.74) is 1.89. The van der Waals surface area contributed by atoms with E-state index in [1.54, 1.807) is 18.2 Å². The van der Waals surface area contributed by atoms with Gasteiger partial charge in [-0.15, -0.1) is 0 Å². The Bertz CT molecular complexity index is 634. The molecule has 108 valence electrons. The number of aryl methyl sites for hydroxylation is 1. The molecule has 0 amide bonds. The van der Waals surface area contributed by atoms with Crippen LogP contribution in [0, 0.1) is 0 Å². The minimum Gasteiger partial charge on any atom is -0.416 e. The second-order valence-corrected chi connectivity index (χ2v) is 5.26.